The van der Waals surface area contributed by atoms with Crippen molar-refractivity contribution in [3.63, 3.8) is 0 Å². The molecule has 0 amide bonds. The van der Waals surface area contributed by atoms with E-state index in [-0.39, 0.29) is 28.2 Å². The maximum atomic E-state index is 11.4. The van der Waals surface area contributed by atoms with Gasteiger partial charge in [-0.25, -0.2) is 8.42 Å². The summed E-state index contributed by atoms with van der Waals surface area (Å²) < 4.78 is 33.2. The third kappa shape index (κ3) is 3.62. The number of rotatable bonds is 5. The monoisotopic (exact) mass is 336 g/mol. The highest BCUT2D eigenvalue weighted by atomic mass is 35.7. The van der Waals surface area contributed by atoms with Crippen LogP contribution in [0.2, 0.25) is 5.02 Å². The molecule has 9 heteroatoms. The molecule has 0 saturated carbocycles. The van der Waals surface area contributed by atoms with Gasteiger partial charge in [0.05, 0.1) is 0 Å². The summed E-state index contributed by atoms with van der Waals surface area (Å²) in [5.74, 6) is 0.861. The minimum Gasteiger partial charge on any atom is -0.482 e. The predicted molar refractivity (Wildman–Crippen MR) is 72.5 cm³/mol. The zero-order valence-electron chi connectivity index (χ0n) is 10.3. The molecule has 0 aliphatic heterocycles. The van der Waals surface area contributed by atoms with Crippen LogP contribution in [0.3, 0.4) is 0 Å². The second-order valence-electron chi connectivity index (χ2n) is 3.78. The minimum absolute atomic E-state index is 0.0615. The fourth-order valence-electron chi connectivity index (χ4n) is 1.42. The molecule has 0 unspecified atom stereocenters. The van der Waals surface area contributed by atoms with Gasteiger partial charge in [0.15, 0.2) is 12.4 Å². The highest BCUT2D eigenvalue weighted by molar-refractivity contribution is 8.13. The van der Waals surface area contributed by atoms with Gasteiger partial charge in [-0.15, -0.1) is 0 Å². The molecule has 108 valence electrons. The fourth-order valence-corrected chi connectivity index (χ4v) is 2.66. The van der Waals surface area contributed by atoms with Gasteiger partial charge in [-0.2, -0.15) is 4.98 Å². The Hall–Kier alpha value is -1.31. The summed E-state index contributed by atoms with van der Waals surface area (Å²) in [5.41, 5.74) is 0. The van der Waals surface area contributed by atoms with Crippen molar-refractivity contribution in [2.24, 2.45) is 0 Å². The SMILES string of the molecule is CCc1noc(COc2ccc(Cl)cc2S(=O)(=O)Cl)n1. The summed E-state index contributed by atoms with van der Waals surface area (Å²) in [6, 6.07) is 4.12. The Morgan fingerprint density at radius 3 is 2.75 bits per heavy atom. The van der Waals surface area contributed by atoms with Crippen molar-refractivity contribution in [3.8, 4) is 5.75 Å². The van der Waals surface area contributed by atoms with Gasteiger partial charge < -0.3 is 9.26 Å². The van der Waals surface area contributed by atoms with Crippen molar-refractivity contribution < 1.29 is 17.7 Å². The van der Waals surface area contributed by atoms with E-state index in [0.29, 0.717) is 12.2 Å². The van der Waals surface area contributed by atoms with Crippen molar-refractivity contribution in [2.45, 2.75) is 24.8 Å². The third-order valence-corrected chi connectivity index (χ3v) is 3.92. The smallest absolute Gasteiger partial charge is 0.265 e. The van der Waals surface area contributed by atoms with Crippen LogP contribution < -0.4 is 4.74 Å². The van der Waals surface area contributed by atoms with E-state index in [4.69, 9.17) is 31.5 Å². The Labute approximate surface area is 125 Å². The number of aryl methyl sites for hydroxylation is 1. The van der Waals surface area contributed by atoms with Gasteiger partial charge in [-0.3, -0.25) is 0 Å². The van der Waals surface area contributed by atoms with Crippen LogP contribution in [-0.4, -0.2) is 18.6 Å². The normalized spacial score (nSPS) is 11.6. The molecule has 0 spiro atoms. The Kier molecular flexibility index (Phi) is 4.52. The zero-order valence-corrected chi connectivity index (χ0v) is 12.7. The van der Waals surface area contributed by atoms with E-state index in [9.17, 15) is 8.42 Å². The van der Waals surface area contributed by atoms with Gasteiger partial charge in [0.1, 0.15) is 10.6 Å². The predicted octanol–water partition coefficient (Wildman–Crippen LogP) is 2.79. The topological polar surface area (TPSA) is 82.3 Å². The lowest BCUT2D eigenvalue weighted by atomic mass is 10.3. The molecule has 0 aliphatic carbocycles. The Balaban J connectivity index is 2.21. The third-order valence-electron chi connectivity index (χ3n) is 2.35. The average molecular weight is 337 g/mol. The molecule has 0 atom stereocenters. The van der Waals surface area contributed by atoms with Crippen LogP contribution in [0, 0.1) is 0 Å². The molecule has 1 heterocycles. The fraction of sp³-hybridized carbons (Fsp3) is 0.273. The second kappa shape index (κ2) is 5.99. The van der Waals surface area contributed by atoms with E-state index in [0.717, 1.165) is 0 Å². The molecule has 20 heavy (non-hydrogen) atoms. The van der Waals surface area contributed by atoms with E-state index in [1.54, 1.807) is 0 Å². The summed E-state index contributed by atoms with van der Waals surface area (Å²) in [4.78, 5) is 3.84. The van der Waals surface area contributed by atoms with Gasteiger partial charge in [-0.05, 0) is 18.2 Å². The van der Waals surface area contributed by atoms with E-state index >= 15 is 0 Å². The minimum atomic E-state index is -3.96. The van der Waals surface area contributed by atoms with Gasteiger partial charge in [-0.1, -0.05) is 23.7 Å². The molecule has 0 N–H and O–H groups in total. The average Bonchev–Trinajstić information content (AvgIpc) is 2.84. The lowest BCUT2D eigenvalue weighted by Crippen LogP contribution is -2.01. The van der Waals surface area contributed by atoms with Gasteiger partial charge in [0, 0.05) is 22.1 Å². The summed E-state index contributed by atoms with van der Waals surface area (Å²) in [5, 5.41) is 3.94. The molecule has 0 fully saturated rings. The van der Waals surface area contributed by atoms with E-state index < -0.39 is 9.05 Å². The summed E-state index contributed by atoms with van der Waals surface area (Å²) >= 11 is 5.74. The standard InChI is InChI=1S/C11H10Cl2N2O4S/c1-2-10-14-11(19-15-10)6-18-8-4-3-7(12)5-9(8)20(13,16)17/h3-5H,2,6H2,1H3. The maximum Gasteiger partial charge on any atom is 0.265 e. The molecule has 2 rings (SSSR count). The molecular formula is C11H10Cl2N2O4S. The van der Waals surface area contributed by atoms with Crippen molar-refractivity contribution in [2.75, 3.05) is 0 Å². The molecule has 0 aliphatic rings. The molecule has 1 aromatic carbocycles. The molecule has 0 saturated heterocycles. The van der Waals surface area contributed by atoms with Crippen LogP contribution in [0.4, 0.5) is 0 Å². The van der Waals surface area contributed by atoms with Crippen LogP contribution in [0.1, 0.15) is 18.6 Å². The van der Waals surface area contributed by atoms with Crippen molar-refractivity contribution in [1.82, 2.24) is 10.1 Å². The number of halogens is 2. The van der Waals surface area contributed by atoms with Gasteiger partial charge in [0.2, 0.25) is 0 Å². The molecule has 1 aromatic heterocycles. The van der Waals surface area contributed by atoms with Crippen molar-refractivity contribution in [1.29, 1.82) is 0 Å². The van der Waals surface area contributed by atoms with Crippen molar-refractivity contribution >= 4 is 31.3 Å². The lowest BCUT2D eigenvalue weighted by molar-refractivity contribution is 0.237. The number of hydrogen-bond donors (Lipinski definition) is 0. The first kappa shape index (κ1) is 15.1. The zero-order chi connectivity index (χ0) is 14.8. The van der Waals surface area contributed by atoms with Gasteiger partial charge in [0.25, 0.3) is 14.9 Å². The number of aromatic nitrogens is 2. The number of benzene rings is 1. The van der Waals surface area contributed by atoms with Crippen LogP contribution in [0.5, 0.6) is 5.75 Å². The lowest BCUT2D eigenvalue weighted by Gasteiger charge is -2.07. The van der Waals surface area contributed by atoms with Crippen LogP contribution in [-0.2, 0) is 22.1 Å². The maximum absolute atomic E-state index is 11.4. The summed E-state index contributed by atoms with van der Waals surface area (Å²) in [6.45, 7) is 1.82. The molecule has 0 bridgehead atoms. The van der Waals surface area contributed by atoms with Crippen molar-refractivity contribution in [3.05, 3.63) is 34.9 Å². The highest BCUT2D eigenvalue weighted by Crippen LogP contribution is 2.30. The Bertz CT molecular complexity index is 715. The van der Waals surface area contributed by atoms with E-state index in [1.807, 2.05) is 6.92 Å². The molecule has 0 radical (unpaired) electrons. The molecular weight excluding hydrogens is 327 g/mol. The summed E-state index contributed by atoms with van der Waals surface area (Å²) in [6.07, 6.45) is 0.631. The Morgan fingerprint density at radius 2 is 2.15 bits per heavy atom. The first-order valence-corrected chi connectivity index (χ1v) is 8.27. The number of hydrogen-bond acceptors (Lipinski definition) is 6. The quantitative estimate of drug-likeness (QED) is 0.780. The van der Waals surface area contributed by atoms with Crippen LogP contribution in [0.25, 0.3) is 0 Å². The first-order valence-electron chi connectivity index (χ1n) is 5.58. The largest absolute Gasteiger partial charge is 0.482 e. The molecule has 6 nitrogen and oxygen atoms in total. The van der Waals surface area contributed by atoms with E-state index in [2.05, 4.69) is 10.1 Å². The molecule has 2 aromatic rings. The van der Waals surface area contributed by atoms with Crippen LogP contribution in [0.15, 0.2) is 27.6 Å². The van der Waals surface area contributed by atoms with Gasteiger partial charge >= 0.3 is 0 Å². The second-order valence-corrected chi connectivity index (χ2v) is 6.75. The van der Waals surface area contributed by atoms with E-state index in [1.165, 1.54) is 18.2 Å². The number of nitrogens with zero attached hydrogens (tertiary/aromatic N) is 2. The number of ether oxygens (including phenoxy) is 1. The summed E-state index contributed by atoms with van der Waals surface area (Å²) in [7, 11) is 1.36. The Morgan fingerprint density at radius 1 is 1.40 bits per heavy atom. The first-order chi connectivity index (χ1) is 9.40. The highest BCUT2D eigenvalue weighted by Gasteiger charge is 2.18. The van der Waals surface area contributed by atoms with Crippen LogP contribution >= 0.6 is 22.3 Å².